The predicted octanol–water partition coefficient (Wildman–Crippen LogP) is 1.35. The van der Waals surface area contributed by atoms with Gasteiger partial charge in [0.1, 0.15) is 0 Å². The van der Waals surface area contributed by atoms with Gasteiger partial charge in [0.25, 0.3) is 0 Å². The SMILES string of the molecule is CN1CCC2(CC1)Cc1ncccc1[C@@H]2N. The van der Waals surface area contributed by atoms with Crippen LogP contribution >= 0.6 is 0 Å². The van der Waals surface area contributed by atoms with Crippen molar-refractivity contribution in [1.82, 2.24) is 9.88 Å². The molecule has 2 aliphatic rings. The maximum Gasteiger partial charge on any atom is 0.0457 e. The quantitative estimate of drug-likeness (QED) is 0.713. The van der Waals surface area contributed by atoms with E-state index in [0.29, 0.717) is 5.41 Å². The minimum Gasteiger partial charge on any atom is -0.323 e. The first-order valence-electron chi connectivity index (χ1n) is 6.09. The molecular weight excluding hydrogens is 198 g/mol. The summed E-state index contributed by atoms with van der Waals surface area (Å²) in [6, 6.07) is 4.36. The lowest BCUT2D eigenvalue weighted by Crippen LogP contribution is -2.42. The Hall–Kier alpha value is -0.930. The zero-order valence-electron chi connectivity index (χ0n) is 9.82. The summed E-state index contributed by atoms with van der Waals surface area (Å²) < 4.78 is 0. The average Bonchev–Trinajstić information content (AvgIpc) is 2.58. The van der Waals surface area contributed by atoms with E-state index in [2.05, 4.69) is 23.0 Å². The fourth-order valence-corrected chi connectivity index (χ4v) is 3.21. The van der Waals surface area contributed by atoms with Crippen LogP contribution in [0.15, 0.2) is 18.3 Å². The number of likely N-dealkylation sites (tertiary alicyclic amines) is 1. The molecule has 0 saturated carbocycles. The van der Waals surface area contributed by atoms with Gasteiger partial charge in [0, 0.05) is 17.9 Å². The van der Waals surface area contributed by atoms with Crippen LogP contribution in [0.4, 0.5) is 0 Å². The molecule has 16 heavy (non-hydrogen) atoms. The van der Waals surface area contributed by atoms with Crippen molar-refractivity contribution in [3.8, 4) is 0 Å². The van der Waals surface area contributed by atoms with Crippen molar-refractivity contribution >= 4 is 0 Å². The van der Waals surface area contributed by atoms with Crippen LogP contribution in [0.5, 0.6) is 0 Å². The second kappa shape index (κ2) is 3.54. The van der Waals surface area contributed by atoms with Crippen molar-refractivity contribution in [2.45, 2.75) is 25.3 Å². The number of pyridine rings is 1. The molecule has 1 aromatic rings. The summed E-state index contributed by atoms with van der Waals surface area (Å²) in [5.74, 6) is 0. The summed E-state index contributed by atoms with van der Waals surface area (Å²) in [5, 5.41) is 0. The third kappa shape index (κ3) is 1.39. The van der Waals surface area contributed by atoms with Crippen LogP contribution < -0.4 is 5.73 Å². The van der Waals surface area contributed by atoms with Gasteiger partial charge >= 0.3 is 0 Å². The lowest BCUT2D eigenvalue weighted by atomic mass is 9.73. The highest BCUT2D eigenvalue weighted by molar-refractivity contribution is 5.33. The molecule has 1 fully saturated rings. The molecule has 86 valence electrons. The summed E-state index contributed by atoms with van der Waals surface area (Å²) in [5.41, 5.74) is 9.26. The molecule has 1 aromatic heterocycles. The Morgan fingerprint density at radius 3 is 2.88 bits per heavy atom. The third-order valence-corrected chi connectivity index (χ3v) is 4.42. The van der Waals surface area contributed by atoms with E-state index in [1.165, 1.54) is 37.2 Å². The van der Waals surface area contributed by atoms with Crippen molar-refractivity contribution in [1.29, 1.82) is 0 Å². The van der Waals surface area contributed by atoms with Gasteiger partial charge in [0.05, 0.1) is 0 Å². The van der Waals surface area contributed by atoms with Gasteiger partial charge in [-0.2, -0.15) is 0 Å². The Kier molecular flexibility index (Phi) is 2.26. The molecule has 0 radical (unpaired) electrons. The monoisotopic (exact) mass is 217 g/mol. The van der Waals surface area contributed by atoms with E-state index in [-0.39, 0.29) is 6.04 Å². The van der Waals surface area contributed by atoms with Gasteiger partial charge in [-0.3, -0.25) is 4.98 Å². The van der Waals surface area contributed by atoms with E-state index in [4.69, 9.17) is 5.73 Å². The summed E-state index contributed by atoms with van der Waals surface area (Å²) in [6.45, 7) is 2.34. The normalized spacial score (nSPS) is 28.2. The van der Waals surface area contributed by atoms with Crippen LogP contribution in [0.2, 0.25) is 0 Å². The second-order valence-corrected chi connectivity index (χ2v) is 5.36. The van der Waals surface area contributed by atoms with Gasteiger partial charge in [-0.1, -0.05) is 6.07 Å². The van der Waals surface area contributed by atoms with Crippen molar-refractivity contribution < 1.29 is 0 Å². The van der Waals surface area contributed by atoms with Crippen molar-refractivity contribution in [2.75, 3.05) is 20.1 Å². The molecule has 0 amide bonds. The standard InChI is InChI=1S/C13H19N3/c1-16-7-4-13(5-8-16)9-11-10(12(13)14)3-2-6-15-11/h2-3,6,12H,4-5,7-9,14H2,1H3/t12-/m0/s1. The Balaban J connectivity index is 1.91. The van der Waals surface area contributed by atoms with Crippen LogP contribution in [-0.2, 0) is 6.42 Å². The highest BCUT2D eigenvalue weighted by Crippen LogP contribution is 2.49. The molecule has 1 spiro atoms. The summed E-state index contributed by atoms with van der Waals surface area (Å²) in [6.07, 6.45) is 5.39. The van der Waals surface area contributed by atoms with Crippen molar-refractivity contribution in [3.63, 3.8) is 0 Å². The molecule has 0 unspecified atom stereocenters. The highest BCUT2D eigenvalue weighted by Gasteiger charge is 2.45. The lowest BCUT2D eigenvalue weighted by molar-refractivity contribution is 0.105. The lowest BCUT2D eigenvalue weighted by Gasteiger charge is -2.40. The summed E-state index contributed by atoms with van der Waals surface area (Å²) in [7, 11) is 2.19. The van der Waals surface area contributed by atoms with E-state index >= 15 is 0 Å². The molecule has 1 saturated heterocycles. The predicted molar refractivity (Wildman–Crippen MR) is 64.0 cm³/mol. The smallest absolute Gasteiger partial charge is 0.0457 e. The first kappa shape index (κ1) is 10.2. The topological polar surface area (TPSA) is 42.2 Å². The van der Waals surface area contributed by atoms with Crippen molar-refractivity contribution in [3.05, 3.63) is 29.6 Å². The van der Waals surface area contributed by atoms with E-state index in [1.807, 2.05) is 12.3 Å². The molecule has 1 aliphatic carbocycles. The van der Waals surface area contributed by atoms with Crippen LogP contribution in [0.1, 0.15) is 30.1 Å². The van der Waals surface area contributed by atoms with Gasteiger partial charge in [-0.25, -0.2) is 0 Å². The number of hydrogen-bond acceptors (Lipinski definition) is 3. The number of fused-ring (bicyclic) bond motifs is 1. The van der Waals surface area contributed by atoms with Gasteiger partial charge in [0.2, 0.25) is 0 Å². The Morgan fingerprint density at radius 2 is 2.19 bits per heavy atom. The highest BCUT2D eigenvalue weighted by atomic mass is 15.1. The number of hydrogen-bond donors (Lipinski definition) is 1. The molecule has 1 atom stereocenters. The molecule has 2 heterocycles. The molecular formula is C13H19N3. The van der Waals surface area contributed by atoms with Crippen LogP contribution in [0.25, 0.3) is 0 Å². The minimum atomic E-state index is 0.199. The average molecular weight is 217 g/mol. The number of piperidine rings is 1. The molecule has 3 nitrogen and oxygen atoms in total. The number of rotatable bonds is 0. The molecule has 2 N–H and O–H groups in total. The van der Waals surface area contributed by atoms with E-state index in [0.717, 1.165) is 6.42 Å². The van der Waals surface area contributed by atoms with E-state index < -0.39 is 0 Å². The Bertz CT molecular complexity index is 394. The van der Waals surface area contributed by atoms with Crippen molar-refractivity contribution in [2.24, 2.45) is 11.1 Å². The zero-order chi connectivity index (χ0) is 11.2. The van der Waals surface area contributed by atoms with Gasteiger partial charge < -0.3 is 10.6 Å². The first-order valence-corrected chi connectivity index (χ1v) is 6.09. The Labute approximate surface area is 96.7 Å². The minimum absolute atomic E-state index is 0.199. The summed E-state index contributed by atoms with van der Waals surface area (Å²) >= 11 is 0. The van der Waals surface area contributed by atoms with E-state index in [1.54, 1.807) is 0 Å². The molecule has 0 bridgehead atoms. The second-order valence-electron chi connectivity index (χ2n) is 5.36. The fourth-order valence-electron chi connectivity index (χ4n) is 3.21. The number of nitrogens with zero attached hydrogens (tertiary/aromatic N) is 2. The Morgan fingerprint density at radius 1 is 1.44 bits per heavy atom. The molecule has 3 heteroatoms. The van der Waals surface area contributed by atoms with Gasteiger partial charge in [-0.05, 0) is 56.4 Å². The fraction of sp³-hybridized carbons (Fsp3) is 0.615. The number of nitrogens with two attached hydrogens (primary N) is 1. The largest absolute Gasteiger partial charge is 0.323 e. The van der Waals surface area contributed by atoms with Gasteiger partial charge in [-0.15, -0.1) is 0 Å². The first-order chi connectivity index (χ1) is 7.71. The zero-order valence-corrected chi connectivity index (χ0v) is 9.82. The maximum absolute atomic E-state index is 6.44. The molecule has 0 aromatic carbocycles. The third-order valence-electron chi connectivity index (χ3n) is 4.42. The molecule has 1 aliphatic heterocycles. The molecule has 3 rings (SSSR count). The van der Waals surface area contributed by atoms with Crippen LogP contribution in [0.3, 0.4) is 0 Å². The van der Waals surface area contributed by atoms with Gasteiger partial charge in [0.15, 0.2) is 0 Å². The van der Waals surface area contributed by atoms with E-state index in [9.17, 15) is 0 Å². The maximum atomic E-state index is 6.44. The van der Waals surface area contributed by atoms with Crippen LogP contribution in [-0.4, -0.2) is 30.0 Å². The van der Waals surface area contributed by atoms with Crippen LogP contribution in [0, 0.1) is 5.41 Å². The number of aromatic nitrogens is 1. The summed E-state index contributed by atoms with van der Waals surface area (Å²) in [4.78, 5) is 6.88.